The van der Waals surface area contributed by atoms with E-state index in [4.69, 9.17) is 0 Å². The third-order valence-electron chi connectivity index (χ3n) is 4.99. The molecule has 1 aromatic carbocycles. The summed E-state index contributed by atoms with van der Waals surface area (Å²) in [7, 11) is 1.56. The van der Waals surface area contributed by atoms with E-state index in [2.05, 4.69) is 15.1 Å². The van der Waals surface area contributed by atoms with Gasteiger partial charge in [0.1, 0.15) is 5.82 Å². The number of aryl methyl sites for hydroxylation is 3. The van der Waals surface area contributed by atoms with Crippen LogP contribution < -0.4 is 11.2 Å². The van der Waals surface area contributed by atoms with Crippen molar-refractivity contribution in [3.8, 4) is 5.95 Å². The van der Waals surface area contributed by atoms with Crippen LogP contribution >= 0.6 is 0 Å². The molecule has 0 saturated carbocycles. The number of H-pyrrole nitrogens is 1. The second kappa shape index (κ2) is 7.16. The van der Waals surface area contributed by atoms with Crippen LogP contribution in [-0.4, -0.2) is 28.9 Å². The van der Waals surface area contributed by atoms with Crippen molar-refractivity contribution in [1.29, 1.82) is 0 Å². The number of imidazole rings is 1. The molecular weight excluding hydrogens is 375 g/mol. The minimum absolute atomic E-state index is 0.266. The molecule has 0 amide bonds. The highest BCUT2D eigenvalue weighted by molar-refractivity contribution is 5.72. The molecule has 4 aromatic rings. The van der Waals surface area contributed by atoms with Crippen molar-refractivity contribution in [3.63, 3.8) is 0 Å². The molecule has 0 unspecified atom stereocenters. The summed E-state index contributed by atoms with van der Waals surface area (Å²) >= 11 is 0. The second-order valence-corrected chi connectivity index (χ2v) is 6.86. The van der Waals surface area contributed by atoms with Gasteiger partial charge in [0.15, 0.2) is 11.2 Å². The van der Waals surface area contributed by atoms with Crippen molar-refractivity contribution in [2.75, 3.05) is 0 Å². The Balaban J connectivity index is 2.03. The van der Waals surface area contributed by atoms with E-state index in [9.17, 15) is 14.0 Å². The van der Waals surface area contributed by atoms with Gasteiger partial charge in [-0.3, -0.25) is 18.9 Å². The number of benzene rings is 1. The summed E-state index contributed by atoms with van der Waals surface area (Å²) in [5.74, 6) is 0.102. The number of nitrogens with zero attached hydrogens (tertiary/aromatic N) is 5. The second-order valence-electron chi connectivity index (χ2n) is 6.86. The minimum atomic E-state index is -0.536. The average molecular weight is 396 g/mol. The van der Waals surface area contributed by atoms with Crippen LogP contribution in [0.5, 0.6) is 0 Å². The third kappa shape index (κ3) is 3.18. The first-order chi connectivity index (χ1) is 13.9. The summed E-state index contributed by atoms with van der Waals surface area (Å²) in [5.41, 5.74) is 2.12. The SMILES string of the molecule is CCc1cc(CC)n(-c2nc3c(c(=O)[nH]c(=O)n3C)n2Cc2ccc(F)cc2)n1. The third-order valence-corrected chi connectivity index (χ3v) is 4.99. The van der Waals surface area contributed by atoms with Crippen LogP contribution in [0.3, 0.4) is 0 Å². The van der Waals surface area contributed by atoms with E-state index in [-0.39, 0.29) is 23.5 Å². The topological polar surface area (TPSA) is 90.5 Å². The van der Waals surface area contributed by atoms with Crippen molar-refractivity contribution < 1.29 is 4.39 Å². The van der Waals surface area contributed by atoms with E-state index in [0.29, 0.717) is 5.95 Å². The highest BCUT2D eigenvalue weighted by atomic mass is 19.1. The van der Waals surface area contributed by atoms with Gasteiger partial charge in [0.05, 0.1) is 12.2 Å². The van der Waals surface area contributed by atoms with Crippen LogP contribution in [0.2, 0.25) is 0 Å². The van der Waals surface area contributed by atoms with Crippen molar-refractivity contribution in [2.24, 2.45) is 7.05 Å². The summed E-state index contributed by atoms with van der Waals surface area (Å²) in [6.07, 6.45) is 1.49. The standard InChI is InChI=1S/C20H21FN6O2/c1-4-14-10-15(5-2)27(24-14)19-22-17-16(18(28)23-20(29)25(17)3)26(19)11-12-6-8-13(21)9-7-12/h6-10H,4-5,11H2,1-3H3,(H,23,28,29). The van der Waals surface area contributed by atoms with Crippen LogP contribution in [-0.2, 0) is 26.4 Å². The number of nitrogens with one attached hydrogen (secondary N) is 1. The fraction of sp³-hybridized carbons (Fsp3) is 0.300. The lowest BCUT2D eigenvalue weighted by atomic mass is 10.2. The molecule has 8 nitrogen and oxygen atoms in total. The molecule has 0 bridgehead atoms. The fourth-order valence-electron chi connectivity index (χ4n) is 3.38. The van der Waals surface area contributed by atoms with Gasteiger partial charge in [-0.2, -0.15) is 10.1 Å². The summed E-state index contributed by atoms with van der Waals surface area (Å²) in [6, 6.07) is 8.05. The van der Waals surface area contributed by atoms with Gasteiger partial charge in [0, 0.05) is 12.7 Å². The lowest BCUT2D eigenvalue weighted by Crippen LogP contribution is -2.29. The minimum Gasteiger partial charge on any atom is -0.298 e. The number of aromatic amines is 1. The van der Waals surface area contributed by atoms with Crippen molar-refractivity contribution in [1.82, 2.24) is 28.9 Å². The Labute approximate surface area is 165 Å². The van der Waals surface area contributed by atoms with E-state index in [1.54, 1.807) is 28.4 Å². The average Bonchev–Trinajstić information content (AvgIpc) is 3.29. The molecule has 0 aliphatic heterocycles. The zero-order valence-corrected chi connectivity index (χ0v) is 16.4. The molecule has 3 heterocycles. The Morgan fingerprint density at radius 1 is 1.10 bits per heavy atom. The van der Waals surface area contributed by atoms with Crippen LogP contribution in [0.15, 0.2) is 39.9 Å². The fourth-order valence-corrected chi connectivity index (χ4v) is 3.38. The molecule has 1 N–H and O–H groups in total. The maximum Gasteiger partial charge on any atom is 0.329 e. The van der Waals surface area contributed by atoms with Crippen molar-refractivity contribution >= 4 is 11.2 Å². The molecule has 0 radical (unpaired) electrons. The van der Waals surface area contributed by atoms with Gasteiger partial charge in [0.25, 0.3) is 5.56 Å². The van der Waals surface area contributed by atoms with Gasteiger partial charge >= 0.3 is 5.69 Å². The molecule has 9 heteroatoms. The first-order valence-corrected chi connectivity index (χ1v) is 9.45. The van der Waals surface area contributed by atoms with Crippen molar-refractivity contribution in [2.45, 2.75) is 33.2 Å². The molecule has 3 aromatic heterocycles. The maximum atomic E-state index is 13.3. The number of hydrogen-bond acceptors (Lipinski definition) is 4. The smallest absolute Gasteiger partial charge is 0.298 e. The Morgan fingerprint density at radius 3 is 2.48 bits per heavy atom. The summed E-state index contributed by atoms with van der Waals surface area (Å²) < 4.78 is 18.1. The zero-order valence-electron chi connectivity index (χ0n) is 16.4. The number of rotatable bonds is 5. The van der Waals surface area contributed by atoms with Crippen LogP contribution in [0.4, 0.5) is 4.39 Å². The van der Waals surface area contributed by atoms with Crippen LogP contribution in [0, 0.1) is 5.82 Å². The lowest BCUT2D eigenvalue weighted by molar-refractivity contribution is 0.625. The molecule has 0 spiro atoms. The number of aromatic nitrogens is 6. The first-order valence-electron chi connectivity index (χ1n) is 9.45. The molecule has 0 aliphatic carbocycles. The Bertz CT molecular complexity index is 1310. The molecule has 0 fully saturated rings. The maximum absolute atomic E-state index is 13.3. The van der Waals surface area contributed by atoms with Crippen LogP contribution in [0.25, 0.3) is 17.1 Å². The Kier molecular flexibility index (Phi) is 4.65. The van der Waals surface area contributed by atoms with Gasteiger partial charge in [-0.05, 0) is 36.6 Å². The van der Waals surface area contributed by atoms with Crippen LogP contribution in [0.1, 0.15) is 30.8 Å². The van der Waals surface area contributed by atoms with Gasteiger partial charge in [-0.15, -0.1) is 0 Å². The number of fused-ring (bicyclic) bond motifs is 1. The lowest BCUT2D eigenvalue weighted by Gasteiger charge is -2.10. The molecule has 29 heavy (non-hydrogen) atoms. The molecule has 0 atom stereocenters. The Hall–Kier alpha value is -3.49. The highest BCUT2D eigenvalue weighted by Crippen LogP contribution is 2.20. The predicted molar refractivity (Wildman–Crippen MR) is 107 cm³/mol. The monoisotopic (exact) mass is 396 g/mol. The van der Waals surface area contributed by atoms with Crippen molar-refractivity contribution in [3.05, 3.63) is 73.9 Å². The molecular formula is C20H21FN6O2. The largest absolute Gasteiger partial charge is 0.329 e. The van der Waals surface area contributed by atoms with E-state index >= 15 is 0 Å². The molecule has 150 valence electrons. The molecule has 0 saturated heterocycles. The van der Waals surface area contributed by atoms with E-state index in [1.165, 1.54) is 16.7 Å². The van der Waals surface area contributed by atoms with Gasteiger partial charge in [-0.1, -0.05) is 26.0 Å². The summed E-state index contributed by atoms with van der Waals surface area (Å²) in [4.78, 5) is 31.7. The van der Waals surface area contributed by atoms with Gasteiger partial charge in [0.2, 0.25) is 5.95 Å². The number of halogens is 1. The van der Waals surface area contributed by atoms with Gasteiger partial charge < -0.3 is 0 Å². The van der Waals surface area contributed by atoms with E-state index in [1.807, 2.05) is 19.9 Å². The Morgan fingerprint density at radius 2 is 1.83 bits per heavy atom. The van der Waals surface area contributed by atoms with E-state index in [0.717, 1.165) is 29.8 Å². The predicted octanol–water partition coefficient (Wildman–Crippen LogP) is 1.92. The molecule has 4 rings (SSSR count). The number of hydrogen-bond donors (Lipinski definition) is 1. The van der Waals surface area contributed by atoms with Gasteiger partial charge in [-0.25, -0.2) is 13.9 Å². The highest BCUT2D eigenvalue weighted by Gasteiger charge is 2.21. The first kappa shape index (κ1) is 18.9. The summed E-state index contributed by atoms with van der Waals surface area (Å²) in [6.45, 7) is 4.31. The summed E-state index contributed by atoms with van der Waals surface area (Å²) in [5, 5.41) is 4.64. The van der Waals surface area contributed by atoms with E-state index < -0.39 is 11.2 Å². The quantitative estimate of drug-likeness (QED) is 0.558. The normalized spacial score (nSPS) is 11.4. The molecule has 0 aliphatic rings. The zero-order chi connectivity index (χ0) is 20.7.